The van der Waals surface area contributed by atoms with Gasteiger partial charge in [0.25, 0.3) is 0 Å². The fraction of sp³-hybridized carbons (Fsp3) is 0.200. The van der Waals surface area contributed by atoms with Crippen LogP contribution in [0.1, 0.15) is 142 Å². The van der Waals surface area contributed by atoms with Gasteiger partial charge in [-0.2, -0.15) is 0 Å². The number of carboxylic acid groups (broad SMARTS) is 2. The highest BCUT2D eigenvalue weighted by Crippen LogP contribution is 2.56. The Balaban J connectivity index is 0.942. The minimum absolute atomic E-state index is 0.00478. The van der Waals surface area contributed by atoms with Gasteiger partial charge in [-0.15, -0.1) is 0 Å². The van der Waals surface area contributed by atoms with Crippen molar-refractivity contribution >= 4 is 23.5 Å². The topological polar surface area (TPSA) is 109 Å². The van der Waals surface area contributed by atoms with E-state index in [1.54, 1.807) is 48.5 Å². The van der Waals surface area contributed by atoms with E-state index in [0.717, 1.165) is 105 Å². The lowest BCUT2D eigenvalue weighted by atomic mass is 9.70. The number of unbranched alkanes of at least 4 members (excludes halogenated alkanes) is 6. The number of hydrogen-bond acceptors (Lipinski definition) is 4. The van der Waals surface area contributed by atoms with Gasteiger partial charge in [0, 0.05) is 27.7 Å². The van der Waals surface area contributed by atoms with Crippen molar-refractivity contribution in [2.24, 2.45) is 0 Å². The average molecular weight is 931 g/mol. The number of rotatable bonds is 16. The quantitative estimate of drug-likeness (QED) is 0.0934. The van der Waals surface area contributed by atoms with Crippen molar-refractivity contribution in [1.82, 2.24) is 0 Å². The van der Waals surface area contributed by atoms with Crippen molar-refractivity contribution in [3.8, 4) is 77.9 Å². The van der Waals surface area contributed by atoms with Gasteiger partial charge in [-0.3, -0.25) is 9.59 Å². The second-order valence-electron chi connectivity index (χ2n) is 19.7. The average Bonchev–Trinajstić information content (AvgIpc) is 3.96. The van der Waals surface area contributed by atoms with E-state index in [-0.39, 0.29) is 28.1 Å². The standard InChI is InChI=1S/C65H54O6/c1-3-5-7-9-31-65(32-10-8-6-4-2)59-37-47(45-21-27-51-49-25-19-43(33-55(49)61(66)57(51)35-45)39-11-15-41(16-12-39)63(68)69)23-29-53(59)54-30-24-48(38-60(54)65)46-22-28-52-50-26-20-44(34-56(50)62(67)58(52)36-46)40-13-17-42(18-14-40)64(70)71/h11-30,33-38H,3-10,31-32H2,1-2H3,(H,68,69)(H,70,71). The molecule has 8 aromatic rings. The van der Waals surface area contributed by atoms with E-state index in [0.29, 0.717) is 22.3 Å². The van der Waals surface area contributed by atoms with Crippen molar-refractivity contribution in [2.45, 2.75) is 83.5 Å². The highest BCUT2D eigenvalue weighted by molar-refractivity contribution is 6.23. The van der Waals surface area contributed by atoms with E-state index in [2.05, 4.69) is 86.6 Å². The number of aromatic carboxylic acids is 2. The second-order valence-corrected chi connectivity index (χ2v) is 19.7. The molecule has 0 fully saturated rings. The maximum Gasteiger partial charge on any atom is 0.335 e. The van der Waals surface area contributed by atoms with Gasteiger partial charge in [-0.05, 0) is 163 Å². The molecule has 71 heavy (non-hydrogen) atoms. The van der Waals surface area contributed by atoms with Gasteiger partial charge in [0.1, 0.15) is 0 Å². The van der Waals surface area contributed by atoms with Crippen molar-refractivity contribution < 1.29 is 29.4 Å². The van der Waals surface area contributed by atoms with Crippen LogP contribution in [0.5, 0.6) is 0 Å². The van der Waals surface area contributed by atoms with Crippen LogP contribution in [0, 0.1) is 0 Å². The molecule has 6 nitrogen and oxygen atoms in total. The zero-order valence-electron chi connectivity index (χ0n) is 40.1. The van der Waals surface area contributed by atoms with Crippen molar-refractivity contribution in [3.63, 3.8) is 0 Å². The molecule has 0 bridgehead atoms. The van der Waals surface area contributed by atoms with Crippen molar-refractivity contribution in [3.05, 3.63) is 202 Å². The van der Waals surface area contributed by atoms with E-state index in [9.17, 15) is 29.4 Å². The zero-order valence-corrected chi connectivity index (χ0v) is 40.1. The summed E-state index contributed by atoms with van der Waals surface area (Å²) >= 11 is 0. The normalized spacial score (nSPS) is 13.3. The molecule has 3 aliphatic carbocycles. The molecular weight excluding hydrogens is 877 g/mol. The Hall–Kier alpha value is -7.96. The lowest BCUT2D eigenvalue weighted by Crippen LogP contribution is -2.25. The largest absolute Gasteiger partial charge is 0.478 e. The summed E-state index contributed by atoms with van der Waals surface area (Å²) in [5, 5.41) is 18.8. The van der Waals surface area contributed by atoms with E-state index in [1.165, 1.54) is 47.9 Å². The molecule has 0 aromatic heterocycles. The molecule has 0 heterocycles. The number of ketones is 2. The first-order valence-corrected chi connectivity index (χ1v) is 25.2. The van der Waals surface area contributed by atoms with Crippen LogP contribution in [0.25, 0.3) is 77.9 Å². The van der Waals surface area contributed by atoms with Gasteiger partial charge in [0.05, 0.1) is 11.1 Å². The Kier molecular flexibility index (Phi) is 11.8. The molecule has 0 radical (unpaired) electrons. The predicted molar refractivity (Wildman–Crippen MR) is 284 cm³/mol. The van der Waals surface area contributed by atoms with Gasteiger partial charge < -0.3 is 10.2 Å². The smallest absolute Gasteiger partial charge is 0.335 e. The fourth-order valence-corrected chi connectivity index (χ4v) is 11.7. The number of carboxylic acids is 2. The van der Waals surface area contributed by atoms with E-state index < -0.39 is 11.9 Å². The first kappa shape index (κ1) is 45.5. The Morgan fingerprint density at radius 2 is 0.620 bits per heavy atom. The summed E-state index contributed by atoms with van der Waals surface area (Å²) < 4.78 is 0. The summed E-state index contributed by atoms with van der Waals surface area (Å²) in [6, 6.07) is 51.9. The summed E-state index contributed by atoms with van der Waals surface area (Å²) in [6.45, 7) is 4.53. The molecule has 0 unspecified atom stereocenters. The molecule has 2 N–H and O–H groups in total. The van der Waals surface area contributed by atoms with Crippen LogP contribution in [0.4, 0.5) is 0 Å². The zero-order chi connectivity index (χ0) is 49.0. The second kappa shape index (κ2) is 18.4. The summed E-state index contributed by atoms with van der Waals surface area (Å²) in [5.74, 6) is -1.96. The molecule has 11 rings (SSSR count). The van der Waals surface area contributed by atoms with Crippen molar-refractivity contribution in [1.29, 1.82) is 0 Å². The third-order valence-electron chi connectivity index (χ3n) is 15.5. The third-order valence-corrected chi connectivity index (χ3v) is 15.5. The summed E-state index contributed by atoms with van der Waals surface area (Å²) in [5.41, 5.74) is 19.5. The van der Waals surface area contributed by atoms with Gasteiger partial charge in [0.2, 0.25) is 0 Å². The maximum atomic E-state index is 14.2. The van der Waals surface area contributed by atoms with Crippen LogP contribution in [0.3, 0.4) is 0 Å². The van der Waals surface area contributed by atoms with E-state index in [4.69, 9.17) is 0 Å². The van der Waals surface area contributed by atoms with Crippen LogP contribution in [0.15, 0.2) is 158 Å². The van der Waals surface area contributed by atoms with Gasteiger partial charge in [-0.25, -0.2) is 9.59 Å². The molecule has 0 spiro atoms. The van der Waals surface area contributed by atoms with E-state index in [1.807, 2.05) is 36.4 Å². The molecule has 3 aliphatic rings. The lowest BCUT2D eigenvalue weighted by Gasteiger charge is -2.33. The summed E-state index contributed by atoms with van der Waals surface area (Å²) in [4.78, 5) is 51.5. The number of benzene rings is 8. The van der Waals surface area contributed by atoms with Gasteiger partial charge in [-0.1, -0.05) is 162 Å². The maximum absolute atomic E-state index is 14.2. The molecule has 350 valence electrons. The Labute approximate surface area is 414 Å². The summed E-state index contributed by atoms with van der Waals surface area (Å²) in [7, 11) is 0. The fourth-order valence-electron chi connectivity index (χ4n) is 11.7. The van der Waals surface area contributed by atoms with Crippen LogP contribution >= 0.6 is 0 Å². The van der Waals surface area contributed by atoms with Gasteiger partial charge in [0.15, 0.2) is 11.6 Å². The molecule has 8 aromatic carbocycles. The number of carbonyl (C=O) groups is 4. The highest BCUT2D eigenvalue weighted by Gasteiger charge is 2.43. The first-order valence-electron chi connectivity index (χ1n) is 25.2. The van der Waals surface area contributed by atoms with Crippen LogP contribution < -0.4 is 0 Å². The highest BCUT2D eigenvalue weighted by atomic mass is 16.4. The molecule has 0 atom stereocenters. The number of hydrogen-bond donors (Lipinski definition) is 2. The minimum Gasteiger partial charge on any atom is -0.478 e. The predicted octanol–water partition coefficient (Wildman–Crippen LogP) is 16.4. The molecule has 0 amide bonds. The van der Waals surface area contributed by atoms with Crippen LogP contribution in [-0.2, 0) is 5.41 Å². The van der Waals surface area contributed by atoms with Crippen LogP contribution in [-0.4, -0.2) is 33.7 Å². The lowest BCUT2D eigenvalue weighted by molar-refractivity contribution is 0.0686. The molecule has 6 heteroatoms. The monoisotopic (exact) mass is 930 g/mol. The van der Waals surface area contributed by atoms with E-state index >= 15 is 0 Å². The van der Waals surface area contributed by atoms with Crippen molar-refractivity contribution in [2.75, 3.05) is 0 Å². The molecule has 0 aliphatic heterocycles. The van der Waals surface area contributed by atoms with Gasteiger partial charge >= 0.3 is 11.9 Å². The third kappa shape index (κ3) is 7.92. The minimum atomic E-state index is -0.973. The Morgan fingerprint density at radius 3 is 0.930 bits per heavy atom. The SMILES string of the molecule is CCCCCCC1(CCCCCC)c2cc(-c3ccc4c(c3)C(=O)c3cc(-c5ccc(C(=O)O)cc5)ccc3-4)ccc2-c2ccc(-c3ccc4c(c3)C(=O)c3cc(-c5ccc(C(=O)O)cc5)ccc3-4)cc21. The number of carbonyl (C=O) groups excluding carboxylic acids is 2. The Bertz CT molecular complexity index is 3250. The molecule has 0 saturated carbocycles. The van der Waals surface area contributed by atoms with Crippen LogP contribution in [0.2, 0.25) is 0 Å². The molecule has 0 saturated heterocycles. The Morgan fingerprint density at radius 1 is 0.338 bits per heavy atom. The first-order chi connectivity index (χ1) is 34.6. The number of fused-ring (bicyclic) bond motifs is 9. The molecular formula is C65H54O6. The summed E-state index contributed by atoms with van der Waals surface area (Å²) in [6.07, 6.45) is 11.3.